The van der Waals surface area contributed by atoms with Gasteiger partial charge in [-0.1, -0.05) is 37.3 Å². The third-order valence-electron chi connectivity index (χ3n) is 4.61. The Balaban J connectivity index is 1.55. The number of aromatic nitrogens is 1. The summed E-state index contributed by atoms with van der Waals surface area (Å²) in [4.78, 5) is 16.4. The Bertz CT molecular complexity index is 663. The normalized spacial score (nSPS) is 21.3. The summed E-state index contributed by atoms with van der Waals surface area (Å²) in [5.41, 5.74) is 2.24. The van der Waals surface area contributed by atoms with Crippen molar-refractivity contribution in [1.82, 2.24) is 15.6 Å². The van der Waals surface area contributed by atoms with Gasteiger partial charge in [-0.3, -0.25) is 4.98 Å². The molecule has 2 N–H and O–H groups in total. The maximum absolute atomic E-state index is 12.4. The molecule has 5 heteroatoms. The fraction of sp³-hybridized carbons (Fsp3) is 0.400. The number of carbonyl (C=O) groups is 1. The van der Waals surface area contributed by atoms with Crippen LogP contribution < -0.4 is 10.6 Å². The average molecular weight is 339 g/mol. The molecule has 1 aromatic carbocycles. The number of ether oxygens (including phenoxy) is 1. The number of carbonyl (C=O) groups excluding carboxylic acids is 1. The van der Waals surface area contributed by atoms with Gasteiger partial charge >= 0.3 is 6.03 Å². The van der Waals surface area contributed by atoms with Crippen LogP contribution in [0.4, 0.5) is 4.79 Å². The van der Waals surface area contributed by atoms with Gasteiger partial charge in [0, 0.05) is 25.0 Å². The van der Waals surface area contributed by atoms with Crippen molar-refractivity contribution < 1.29 is 9.53 Å². The minimum Gasteiger partial charge on any atom is -0.373 e. The van der Waals surface area contributed by atoms with Crippen LogP contribution in [0.15, 0.2) is 54.9 Å². The second-order valence-electron chi connectivity index (χ2n) is 6.35. The highest BCUT2D eigenvalue weighted by Crippen LogP contribution is 2.28. The molecule has 2 amide bonds. The van der Waals surface area contributed by atoms with Crippen LogP contribution in [0, 0.1) is 0 Å². The van der Waals surface area contributed by atoms with E-state index >= 15 is 0 Å². The number of hydrogen-bond donors (Lipinski definition) is 2. The van der Waals surface area contributed by atoms with Crippen LogP contribution in [0.3, 0.4) is 0 Å². The first-order chi connectivity index (χ1) is 12.3. The molecule has 1 aliphatic rings. The third-order valence-corrected chi connectivity index (χ3v) is 4.61. The largest absolute Gasteiger partial charge is 0.373 e. The number of pyridine rings is 1. The number of nitrogens with zero attached hydrogens (tertiary/aromatic N) is 1. The summed E-state index contributed by atoms with van der Waals surface area (Å²) in [5, 5.41) is 6.17. The Labute approximate surface area is 148 Å². The summed E-state index contributed by atoms with van der Waals surface area (Å²) in [6, 6.07) is 14.0. The molecule has 2 aromatic rings. The van der Waals surface area contributed by atoms with Crippen molar-refractivity contribution in [3.63, 3.8) is 0 Å². The quantitative estimate of drug-likeness (QED) is 0.872. The molecule has 0 spiro atoms. The topological polar surface area (TPSA) is 63.2 Å². The molecular weight excluding hydrogens is 314 g/mol. The van der Waals surface area contributed by atoms with Crippen LogP contribution in [0.5, 0.6) is 0 Å². The molecule has 2 heterocycles. The second kappa shape index (κ2) is 8.62. The highest BCUT2D eigenvalue weighted by molar-refractivity contribution is 5.74. The van der Waals surface area contributed by atoms with Gasteiger partial charge in [-0.05, 0) is 42.5 Å². The van der Waals surface area contributed by atoms with Crippen LogP contribution in [-0.4, -0.2) is 23.7 Å². The second-order valence-corrected chi connectivity index (χ2v) is 6.35. The molecule has 5 nitrogen and oxygen atoms in total. The summed E-state index contributed by atoms with van der Waals surface area (Å²) in [7, 11) is 0. The molecule has 3 rings (SSSR count). The fourth-order valence-electron chi connectivity index (χ4n) is 3.23. The van der Waals surface area contributed by atoms with Gasteiger partial charge in [-0.2, -0.15) is 0 Å². The van der Waals surface area contributed by atoms with E-state index in [-0.39, 0.29) is 24.2 Å². The summed E-state index contributed by atoms with van der Waals surface area (Å²) >= 11 is 0. The lowest BCUT2D eigenvalue weighted by Crippen LogP contribution is -2.45. The van der Waals surface area contributed by atoms with Gasteiger partial charge in [0.05, 0.1) is 12.1 Å². The van der Waals surface area contributed by atoms with Gasteiger partial charge in [0.15, 0.2) is 0 Å². The third kappa shape index (κ3) is 4.79. The van der Waals surface area contributed by atoms with Crippen molar-refractivity contribution in [3.8, 4) is 0 Å². The van der Waals surface area contributed by atoms with Gasteiger partial charge in [0.2, 0.25) is 0 Å². The van der Waals surface area contributed by atoms with E-state index in [1.807, 2.05) is 30.3 Å². The SMILES string of the molecule is CCC(NC(=O)NC1CCOC(c2ccccc2)C1)c1ccncc1. The molecule has 0 radical (unpaired) electrons. The van der Waals surface area contributed by atoms with E-state index in [0.717, 1.165) is 30.4 Å². The highest BCUT2D eigenvalue weighted by atomic mass is 16.5. The molecule has 1 fully saturated rings. The van der Waals surface area contributed by atoms with E-state index in [1.165, 1.54) is 0 Å². The van der Waals surface area contributed by atoms with Gasteiger partial charge < -0.3 is 15.4 Å². The zero-order valence-corrected chi connectivity index (χ0v) is 14.5. The molecule has 1 aromatic heterocycles. The molecule has 132 valence electrons. The van der Waals surface area contributed by atoms with E-state index in [1.54, 1.807) is 12.4 Å². The number of hydrogen-bond acceptors (Lipinski definition) is 3. The van der Waals surface area contributed by atoms with Crippen LogP contribution in [0.2, 0.25) is 0 Å². The number of benzene rings is 1. The Morgan fingerprint density at radius 2 is 2.00 bits per heavy atom. The van der Waals surface area contributed by atoms with Crippen LogP contribution in [0.1, 0.15) is 49.5 Å². The maximum atomic E-state index is 12.4. The lowest BCUT2D eigenvalue weighted by atomic mass is 9.97. The van der Waals surface area contributed by atoms with Crippen LogP contribution >= 0.6 is 0 Å². The van der Waals surface area contributed by atoms with Crippen molar-refractivity contribution >= 4 is 6.03 Å². The van der Waals surface area contributed by atoms with Gasteiger partial charge in [0.25, 0.3) is 0 Å². The molecule has 1 saturated heterocycles. The Kier molecular flexibility index (Phi) is 6.01. The highest BCUT2D eigenvalue weighted by Gasteiger charge is 2.25. The Hall–Kier alpha value is -2.40. The number of rotatable bonds is 5. The summed E-state index contributed by atoms with van der Waals surface area (Å²) < 4.78 is 5.87. The summed E-state index contributed by atoms with van der Waals surface area (Å²) in [6.45, 7) is 2.72. The summed E-state index contributed by atoms with van der Waals surface area (Å²) in [6.07, 6.45) is 6.01. The average Bonchev–Trinajstić information content (AvgIpc) is 2.68. The monoisotopic (exact) mass is 339 g/mol. The molecule has 0 saturated carbocycles. The minimum absolute atomic E-state index is 0.00670. The number of urea groups is 1. The van der Waals surface area contributed by atoms with E-state index in [9.17, 15) is 4.79 Å². The standard InChI is InChI=1S/C20H25N3O2/c1-2-18(15-8-11-21-12-9-15)23-20(24)22-17-10-13-25-19(14-17)16-6-4-3-5-7-16/h3-9,11-12,17-19H,2,10,13-14H2,1H3,(H2,22,23,24). The van der Waals surface area contributed by atoms with Gasteiger partial charge in [0.1, 0.15) is 0 Å². The first-order valence-corrected chi connectivity index (χ1v) is 8.89. The van der Waals surface area contributed by atoms with Crippen molar-refractivity contribution in [1.29, 1.82) is 0 Å². The zero-order chi connectivity index (χ0) is 17.5. The van der Waals surface area contributed by atoms with E-state index in [2.05, 4.69) is 34.7 Å². The number of amides is 2. The predicted molar refractivity (Wildman–Crippen MR) is 97.1 cm³/mol. The maximum Gasteiger partial charge on any atom is 0.315 e. The Morgan fingerprint density at radius 1 is 1.24 bits per heavy atom. The zero-order valence-electron chi connectivity index (χ0n) is 14.5. The smallest absolute Gasteiger partial charge is 0.315 e. The minimum atomic E-state index is -0.123. The van der Waals surface area contributed by atoms with E-state index in [0.29, 0.717) is 6.61 Å². The fourth-order valence-corrected chi connectivity index (χ4v) is 3.23. The lowest BCUT2D eigenvalue weighted by Gasteiger charge is -2.31. The van der Waals surface area contributed by atoms with E-state index < -0.39 is 0 Å². The van der Waals surface area contributed by atoms with Crippen molar-refractivity contribution in [2.24, 2.45) is 0 Å². The van der Waals surface area contributed by atoms with Gasteiger partial charge in [-0.15, -0.1) is 0 Å². The van der Waals surface area contributed by atoms with E-state index in [4.69, 9.17) is 4.74 Å². The molecular formula is C20H25N3O2. The van der Waals surface area contributed by atoms with Crippen molar-refractivity contribution in [2.75, 3.05) is 6.61 Å². The summed E-state index contributed by atoms with van der Waals surface area (Å²) in [5.74, 6) is 0. The molecule has 25 heavy (non-hydrogen) atoms. The molecule has 3 unspecified atom stereocenters. The molecule has 3 atom stereocenters. The van der Waals surface area contributed by atoms with Crippen molar-refractivity contribution in [2.45, 2.75) is 44.4 Å². The first-order valence-electron chi connectivity index (χ1n) is 8.89. The van der Waals surface area contributed by atoms with Crippen LogP contribution in [0.25, 0.3) is 0 Å². The molecule has 1 aliphatic heterocycles. The van der Waals surface area contributed by atoms with Gasteiger partial charge in [-0.25, -0.2) is 4.79 Å². The predicted octanol–water partition coefficient (Wildman–Crippen LogP) is 3.75. The van der Waals surface area contributed by atoms with Crippen LogP contribution in [-0.2, 0) is 4.74 Å². The lowest BCUT2D eigenvalue weighted by molar-refractivity contribution is 0.00221. The molecule has 0 bridgehead atoms. The molecule has 0 aliphatic carbocycles. The number of nitrogens with one attached hydrogen (secondary N) is 2. The Morgan fingerprint density at radius 3 is 2.72 bits per heavy atom. The van der Waals surface area contributed by atoms with Crippen molar-refractivity contribution in [3.05, 3.63) is 66.0 Å². The first kappa shape index (κ1) is 17.4.